The van der Waals surface area contributed by atoms with Crippen molar-refractivity contribution in [3.05, 3.63) is 0 Å². The fraction of sp³-hybridized carbons (Fsp3) is 0.923. The van der Waals surface area contributed by atoms with Crippen molar-refractivity contribution in [1.82, 2.24) is 9.80 Å². The monoisotopic (exact) mass is 242 g/mol. The van der Waals surface area contributed by atoms with Gasteiger partial charge in [-0.05, 0) is 32.9 Å². The number of aliphatic carboxylic acids is 1. The molecule has 0 radical (unpaired) electrons. The quantitative estimate of drug-likeness (QED) is 0.690. The Bertz CT molecular complexity index is 233. The lowest BCUT2D eigenvalue weighted by atomic mass is 10.1. The third-order valence-electron chi connectivity index (χ3n) is 3.70. The summed E-state index contributed by atoms with van der Waals surface area (Å²) in [6, 6.07) is 0.697. The SMILES string of the molecule is CCC1CN(CCCCCC(=O)O)CCN1C. The molecule has 0 bridgehead atoms. The molecule has 1 fully saturated rings. The minimum atomic E-state index is -0.671. The molecule has 1 saturated heterocycles. The number of hydrogen-bond acceptors (Lipinski definition) is 3. The molecular weight excluding hydrogens is 216 g/mol. The van der Waals surface area contributed by atoms with E-state index in [1.54, 1.807) is 0 Å². The van der Waals surface area contributed by atoms with Crippen molar-refractivity contribution in [2.75, 3.05) is 33.2 Å². The van der Waals surface area contributed by atoms with E-state index in [2.05, 4.69) is 23.8 Å². The summed E-state index contributed by atoms with van der Waals surface area (Å²) in [4.78, 5) is 15.3. The molecule has 1 aliphatic rings. The van der Waals surface area contributed by atoms with Crippen LogP contribution in [0.1, 0.15) is 39.0 Å². The molecule has 0 aromatic heterocycles. The van der Waals surface area contributed by atoms with E-state index in [0.717, 1.165) is 38.9 Å². The minimum Gasteiger partial charge on any atom is -0.481 e. The van der Waals surface area contributed by atoms with Crippen LogP contribution < -0.4 is 0 Å². The average Bonchev–Trinajstić information content (AvgIpc) is 2.30. The molecule has 100 valence electrons. The standard InChI is InChI=1S/C13H26N2O2/c1-3-12-11-15(10-9-14(12)2)8-6-4-5-7-13(16)17/h12H,3-11H2,1-2H3,(H,16,17). The molecule has 1 unspecified atom stereocenters. The summed E-state index contributed by atoms with van der Waals surface area (Å²) >= 11 is 0. The summed E-state index contributed by atoms with van der Waals surface area (Å²) < 4.78 is 0. The van der Waals surface area contributed by atoms with Crippen molar-refractivity contribution in [2.24, 2.45) is 0 Å². The largest absolute Gasteiger partial charge is 0.481 e. The van der Waals surface area contributed by atoms with Crippen LogP contribution in [0.5, 0.6) is 0 Å². The van der Waals surface area contributed by atoms with Gasteiger partial charge in [-0.25, -0.2) is 0 Å². The second kappa shape index (κ2) is 7.67. The molecule has 0 aromatic rings. The van der Waals surface area contributed by atoms with Crippen molar-refractivity contribution in [3.8, 4) is 0 Å². The van der Waals surface area contributed by atoms with E-state index in [4.69, 9.17) is 5.11 Å². The summed E-state index contributed by atoms with van der Waals surface area (Å²) in [5.74, 6) is -0.671. The molecule has 0 amide bonds. The number of carbonyl (C=O) groups is 1. The van der Waals surface area contributed by atoms with E-state index in [0.29, 0.717) is 12.5 Å². The summed E-state index contributed by atoms with van der Waals surface area (Å²) in [6.45, 7) is 6.87. The predicted octanol–water partition coefficient (Wildman–Crippen LogP) is 1.66. The second-order valence-corrected chi connectivity index (χ2v) is 5.05. The van der Waals surface area contributed by atoms with Gasteiger partial charge >= 0.3 is 5.97 Å². The summed E-state index contributed by atoms with van der Waals surface area (Å²) in [5, 5.41) is 8.54. The lowest BCUT2D eigenvalue weighted by molar-refractivity contribution is -0.137. The van der Waals surface area contributed by atoms with E-state index in [-0.39, 0.29) is 0 Å². The fourth-order valence-electron chi connectivity index (χ4n) is 2.44. The summed E-state index contributed by atoms with van der Waals surface area (Å²) in [5.41, 5.74) is 0. The van der Waals surface area contributed by atoms with Crippen LogP contribution >= 0.6 is 0 Å². The van der Waals surface area contributed by atoms with Crippen LogP contribution in [0, 0.1) is 0 Å². The number of hydrogen-bond donors (Lipinski definition) is 1. The van der Waals surface area contributed by atoms with Gasteiger partial charge in [-0.3, -0.25) is 4.79 Å². The van der Waals surface area contributed by atoms with Crippen molar-refractivity contribution in [3.63, 3.8) is 0 Å². The topological polar surface area (TPSA) is 43.8 Å². The Morgan fingerprint density at radius 3 is 2.71 bits per heavy atom. The van der Waals surface area contributed by atoms with Crippen LogP contribution in [0.3, 0.4) is 0 Å². The number of carboxylic acid groups (broad SMARTS) is 1. The van der Waals surface area contributed by atoms with Crippen LogP contribution in [0.4, 0.5) is 0 Å². The van der Waals surface area contributed by atoms with E-state index in [1.165, 1.54) is 13.0 Å². The van der Waals surface area contributed by atoms with Gasteiger partial charge in [-0.15, -0.1) is 0 Å². The molecule has 17 heavy (non-hydrogen) atoms. The molecule has 0 aromatic carbocycles. The van der Waals surface area contributed by atoms with Crippen LogP contribution in [-0.4, -0.2) is 60.1 Å². The molecule has 4 nitrogen and oxygen atoms in total. The molecular formula is C13H26N2O2. The fourth-order valence-corrected chi connectivity index (χ4v) is 2.44. The maximum Gasteiger partial charge on any atom is 0.303 e. The smallest absolute Gasteiger partial charge is 0.303 e. The van der Waals surface area contributed by atoms with Gasteiger partial charge in [0, 0.05) is 32.1 Å². The normalized spacial score (nSPS) is 22.8. The third-order valence-corrected chi connectivity index (χ3v) is 3.70. The van der Waals surface area contributed by atoms with Crippen molar-refractivity contribution >= 4 is 5.97 Å². The first-order chi connectivity index (χ1) is 8.13. The highest BCUT2D eigenvalue weighted by molar-refractivity contribution is 5.66. The zero-order valence-corrected chi connectivity index (χ0v) is 11.2. The van der Waals surface area contributed by atoms with Crippen molar-refractivity contribution in [1.29, 1.82) is 0 Å². The van der Waals surface area contributed by atoms with Crippen LogP contribution in [0.25, 0.3) is 0 Å². The van der Waals surface area contributed by atoms with Gasteiger partial charge in [-0.1, -0.05) is 13.3 Å². The first-order valence-corrected chi connectivity index (χ1v) is 6.78. The van der Waals surface area contributed by atoms with Gasteiger partial charge in [0.1, 0.15) is 0 Å². The highest BCUT2D eigenvalue weighted by Crippen LogP contribution is 2.11. The van der Waals surface area contributed by atoms with Gasteiger partial charge in [-0.2, -0.15) is 0 Å². The molecule has 1 rings (SSSR count). The second-order valence-electron chi connectivity index (χ2n) is 5.05. The molecule has 1 N–H and O–H groups in total. The first kappa shape index (κ1) is 14.5. The van der Waals surface area contributed by atoms with Crippen LogP contribution in [0.2, 0.25) is 0 Å². The van der Waals surface area contributed by atoms with Crippen molar-refractivity contribution < 1.29 is 9.90 Å². The van der Waals surface area contributed by atoms with Crippen LogP contribution in [-0.2, 0) is 4.79 Å². The number of likely N-dealkylation sites (N-methyl/N-ethyl adjacent to an activating group) is 1. The Balaban J connectivity index is 2.09. The number of carboxylic acids is 1. The Hall–Kier alpha value is -0.610. The Morgan fingerprint density at radius 1 is 1.29 bits per heavy atom. The van der Waals surface area contributed by atoms with E-state index < -0.39 is 5.97 Å². The van der Waals surface area contributed by atoms with Gasteiger partial charge in [0.2, 0.25) is 0 Å². The summed E-state index contributed by atoms with van der Waals surface area (Å²) in [6.07, 6.45) is 4.52. The highest BCUT2D eigenvalue weighted by atomic mass is 16.4. The Kier molecular flexibility index (Phi) is 6.52. The lowest BCUT2D eigenvalue weighted by Gasteiger charge is -2.39. The maximum atomic E-state index is 10.4. The van der Waals surface area contributed by atoms with Gasteiger partial charge in [0.05, 0.1) is 0 Å². The minimum absolute atomic E-state index is 0.320. The zero-order valence-electron chi connectivity index (χ0n) is 11.2. The number of piperazine rings is 1. The third kappa shape index (κ3) is 5.50. The number of unbranched alkanes of at least 4 members (excludes halogenated alkanes) is 2. The lowest BCUT2D eigenvalue weighted by Crippen LogP contribution is -2.51. The molecule has 0 saturated carbocycles. The molecule has 1 aliphatic heterocycles. The van der Waals surface area contributed by atoms with Gasteiger partial charge < -0.3 is 14.9 Å². The predicted molar refractivity (Wildman–Crippen MR) is 69.3 cm³/mol. The summed E-state index contributed by atoms with van der Waals surface area (Å²) in [7, 11) is 2.21. The van der Waals surface area contributed by atoms with Crippen molar-refractivity contribution in [2.45, 2.75) is 45.1 Å². The number of rotatable bonds is 7. The van der Waals surface area contributed by atoms with Crippen LogP contribution in [0.15, 0.2) is 0 Å². The van der Waals surface area contributed by atoms with E-state index in [1.807, 2.05) is 0 Å². The molecule has 1 atom stereocenters. The molecule has 4 heteroatoms. The number of nitrogens with zero attached hydrogens (tertiary/aromatic N) is 2. The Morgan fingerprint density at radius 2 is 2.06 bits per heavy atom. The zero-order chi connectivity index (χ0) is 12.7. The molecule has 1 heterocycles. The average molecular weight is 242 g/mol. The maximum absolute atomic E-state index is 10.4. The Labute approximate surface area is 105 Å². The van der Waals surface area contributed by atoms with Gasteiger partial charge in [0.15, 0.2) is 0 Å². The molecule has 0 spiro atoms. The first-order valence-electron chi connectivity index (χ1n) is 6.78. The molecule has 0 aliphatic carbocycles. The van der Waals surface area contributed by atoms with Gasteiger partial charge in [0.25, 0.3) is 0 Å². The highest BCUT2D eigenvalue weighted by Gasteiger charge is 2.21. The van der Waals surface area contributed by atoms with E-state index in [9.17, 15) is 4.79 Å². The van der Waals surface area contributed by atoms with E-state index >= 15 is 0 Å².